The molecule has 0 aliphatic rings. The summed E-state index contributed by atoms with van der Waals surface area (Å²) in [6.07, 6.45) is 5.21. The van der Waals surface area contributed by atoms with Crippen molar-refractivity contribution in [1.82, 2.24) is 29.3 Å². The van der Waals surface area contributed by atoms with E-state index < -0.39 is 0 Å². The number of carbonyl (C=O) groups excluding carboxylic acids is 1. The summed E-state index contributed by atoms with van der Waals surface area (Å²) in [5.74, 6) is 0.143. The Bertz CT molecular complexity index is 1120. The molecule has 0 aliphatic heterocycles. The van der Waals surface area contributed by atoms with Crippen LogP contribution in [0, 0.1) is 12.7 Å². The molecule has 9 heteroatoms. The molecule has 0 bridgehead atoms. The molecule has 142 valence electrons. The number of hydrogen-bond donors (Lipinski definition) is 1. The largest absolute Gasteiger partial charge is 0.309 e. The lowest BCUT2D eigenvalue weighted by Crippen LogP contribution is -2.20. The maximum atomic E-state index is 13.1. The van der Waals surface area contributed by atoms with Crippen molar-refractivity contribution in [3.05, 3.63) is 66.5 Å². The third kappa shape index (κ3) is 3.68. The third-order valence-electron chi connectivity index (χ3n) is 4.19. The molecule has 1 aromatic carbocycles. The van der Waals surface area contributed by atoms with Crippen LogP contribution in [0.4, 0.5) is 10.2 Å². The molecular weight excluding hydrogens is 361 g/mol. The van der Waals surface area contributed by atoms with Crippen molar-refractivity contribution in [2.45, 2.75) is 13.5 Å². The maximum absolute atomic E-state index is 13.1. The minimum atomic E-state index is -0.297. The fourth-order valence-corrected chi connectivity index (χ4v) is 2.85. The first-order chi connectivity index (χ1) is 13.5. The Morgan fingerprint density at radius 3 is 2.68 bits per heavy atom. The van der Waals surface area contributed by atoms with Crippen LogP contribution >= 0.6 is 0 Å². The van der Waals surface area contributed by atoms with Crippen LogP contribution in [0.3, 0.4) is 0 Å². The van der Waals surface area contributed by atoms with Crippen LogP contribution in [0.1, 0.15) is 5.69 Å². The van der Waals surface area contributed by atoms with Crippen molar-refractivity contribution in [3.8, 4) is 16.9 Å². The summed E-state index contributed by atoms with van der Waals surface area (Å²) in [5, 5.41) is 15.7. The molecule has 0 fully saturated rings. The van der Waals surface area contributed by atoms with Crippen molar-refractivity contribution in [2.24, 2.45) is 7.05 Å². The molecule has 28 heavy (non-hydrogen) atoms. The van der Waals surface area contributed by atoms with Gasteiger partial charge in [-0.3, -0.25) is 14.2 Å². The van der Waals surface area contributed by atoms with E-state index in [1.165, 1.54) is 12.1 Å². The van der Waals surface area contributed by atoms with Crippen molar-refractivity contribution < 1.29 is 9.18 Å². The molecule has 0 saturated heterocycles. The van der Waals surface area contributed by atoms with E-state index >= 15 is 0 Å². The molecule has 0 atom stereocenters. The van der Waals surface area contributed by atoms with E-state index in [4.69, 9.17) is 0 Å². The van der Waals surface area contributed by atoms with E-state index in [1.54, 1.807) is 57.9 Å². The fourth-order valence-electron chi connectivity index (χ4n) is 2.85. The second-order valence-corrected chi connectivity index (χ2v) is 6.39. The number of carbonyl (C=O) groups is 1. The first-order valence-electron chi connectivity index (χ1n) is 8.63. The third-order valence-corrected chi connectivity index (χ3v) is 4.19. The van der Waals surface area contributed by atoms with Gasteiger partial charge < -0.3 is 5.32 Å². The number of halogens is 1. The summed E-state index contributed by atoms with van der Waals surface area (Å²) < 4.78 is 17.9. The van der Waals surface area contributed by atoms with Crippen molar-refractivity contribution in [2.75, 3.05) is 5.32 Å². The highest BCUT2D eigenvalue weighted by atomic mass is 19.1. The van der Waals surface area contributed by atoms with Crippen LogP contribution < -0.4 is 5.32 Å². The average Bonchev–Trinajstić information content (AvgIpc) is 3.36. The molecule has 4 aromatic rings. The molecule has 3 aromatic heterocycles. The van der Waals surface area contributed by atoms with Gasteiger partial charge in [-0.1, -0.05) is 0 Å². The second kappa shape index (κ2) is 7.10. The van der Waals surface area contributed by atoms with Crippen molar-refractivity contribution >= 4 is 11.7 Å². The number of benzene rings is 1. The Balaban J connectivity index is 1.45. The summed E-state index contributed by atoms with van der Waals surface area (Å²) in [7, 11) is 1.77. The van der Waals surface area contributed by atoms with E-state index in [1.807, 2.05) is 13.0 Å². The Kier molecular flexibility index (Phi) is 4.48. The van der Waals surface area contributed by atoms with Crippen LogP contribution in [0.5, 0.6) is 0 Å². The van der Waals surface area contributed by atoms with Crippen molar-refractivity contribution in [1.29, 1.82) is 0 Å². The van der Waals surface area contributed by atoms with Crippen LogP contribution in [-0.2, 0) is 18.4 Å². The molecule has 0 spiro atoms. The average molecular weight is 379 g/mol. The van der Waals surface area contributed by atoms with E-state index in [0.717, 1.165) is 16.9 Å². The topological polar surface area (TPSA) is 82.6 Å². The number of aryl methyl sites for hydroxylation is 2. The van der Waals surface area contributed by atoms with E-state index in [2.05, 4.69) is 20.6 Å². The summed E-state index contributed by atoms with van der Waals surface area (Å²) in [5.41, 5.74) is 3.07. The lowest BCUT2D eigenvalue weighted by molar-refractivity contribution is -0.116. The van der Waals surface area contributed by atoms with Crippen LogP contribution in [0.15, 0.2) is 55.0 Å². The Hall–Kier alpha value is -3.75. The van der Waals surface area contributed by atoms with Gasteiger partial charge >= 0.3 is 0 Å². The highest BCUT2D eigenvalue weighted by Crippen LogP contribution is 2.18. The SMILES string of the molecule is Cc1cc(NC(=O)Cn2ccc(-c3cnn(-c4ccc(F)cc4)c3)n2)n(C)n1. The zero-order chi connectivity index (χ0) is 19.7. The van der Waals surface area contributed by atoms with Gasteiger partial charge in [0, 0.05) is 31.1 Å². The highest BCUT2D eigenvalue weighted by molar-refractivity contribution is 5.89. The smallest absolute Gasteiger partial charge is 0.247 e. The van der Waals surface area contributed by atoms with E-state index in [-0.39, 0.29) is 18.3 Å². The summed E-state index contributed by atoms with van der Waals surface area (Å²) in [4.78, 5) is 12.2. The molecule has 0 aliphatic carbocycles. The normalized spacial score (nSPS) is 11.0. The predicted octanol–water partition coefficient (Wildman–Crippen LogP) is 2.56. The number of rotatable bonds is 5. The zero-order valence-corrected chi connectivity index (χ0v) is 15.4. The minimum absolute atomic E-state index is 0.0797. The zero-order valence-electron chi connectivity index (χ0n) is 15.4. The first kappa shape index (κ1) is 17.7. The maximum Gasteiger partial charge on any atom is 0.247 e. The number of nitrogens with zero attached hydrogens (tertiary/aromatic N) is 6. The lowest BCUT2D eigenvalue weighted by atomic mass is 10.2. The minimum Gasteiger partial charge on any atom is -0.309 e. The van der Waals surface area contributed by atoms with Gasteiger partial charge in [-0.25, -0.2) is 9.07 Å². The Morgan fingerprint density at radius 2 is 1.96 bits per heavy atom. The first-order valence-corrected chi connectivity index (χ1v) is 8.63. The molecule has 0 radical (unpaired) electrons. The Labute approximate surface area is 160 Å². The number of anilines is 1. The molecule has 8 nitrogen and oxygen atoms in total. The van der Waals surface area contributed by atoms with Gasteiger partial charge in [-0.15, -0.1) is 0 Å². The van der Waals surface area contributed by atoms with E-state index in [0.29, 0.717) is 11.5 Å². The second-order valence-electron chi connectivity index (χ2n) is 6.39. The number of nitrogens with one attached hydrogen (secondary N) is 1. The van der Waals surface area contributed by atoms with Gasteiger partial charge in [-0.2, -0.15) is 15.3 Å². The summed E-state index contributed by atoms with van der Waals surface area (Å²) >= 11 is 0. The molecular formula is C19H18FN7O. The van der Waals surface area contributed by atoms with Crippen LogP contribution in [-0.4, -0.2) is 35.2 Å². The number of aromatic nitrogens is 6. The quantitative estimate of drug-likeness (QED) is 0.578. The van der Waals surface area contributed by atoms with Gasteiger partial charge in [0.15, 0.2) is 0 Å². The summed E-state index contributed by atoms with van der Waals surface area (Å²) in [6.45, 7) is 1.94. The van der Waals surface area contributed by atoms with Gasteiger partial charge in [-0.05, 0) is 37.3 Å². The monoisotopic (exact) mass is 379 g/mol. The molecule has 0 saturated carbocycles. The molecule has 4 rings (SSSR count). The van der Waals surface area contributed by atoms with Gasteiger partial charge in [0.1, 0.15) is 18.2 Å². The van der Waals surface area contributed by atoms with Crippen LogP contribution in [0.25, 0.3) is 16.9 Å². The predicted molar refractivity (Wildman–Crippen MR) is 101 cm³/mol. The fraction of sp³-hybridized carbons (Fsp3) is 0.158. The Morgan fingerprint density at radius 1 is 1.18 bits per heavy atom. The standard InChI is InChI=1S/C19H18FN7O/c1-13-9-18(25(2)23-13)22-19(28)12-26-8-7-17(24-26)14-10-21-27(11-14)16-5-3-15(20)4-6-16/h3-11H,12H2,1-2H3,(H,22,28). The lowest BCUT2D eigenvalue weighted by Gasteiger charge is -2.05. The van der Waals surface area contributed by atoms with Gasteiger partial charge in [0.25, 0.3) is 0 Å². The van der Waals surface area contributed by atoms with E-state index in [9.17, 15) is 9.18 Å². The molecule has 3 heterocycles. The number of amides is 1. The summed E-state index contributed by atoms with van der Waals surface area (Å²) in [6, 6.07) is 9.68. The molecule has 0 unspecified atom stereocenters. The van der Waals surface area contributed by atoms with Gasteiger partial charge in [0.05, 0.1) is 23.3 Å². The highest BCUT2D eigenvalue weighted by Gasteiger charge is 2.11. The van der Waals surface area contributed by atoms with Crippen molar-refractivity contribution in [3.63, 3.8) is 0 Å². The molecule has 1 amide bonds. The van der Waals surface area contributed by atoms with Gasteiger partial charge in [0.2, 0.25) is 5.91 Å². The van der Waals surface area contributed by atoms with Crippen LogP contribution in [0.2, 0.25) is 0 Å². The number of hydrogen-bond acceptors (Lipinski definition) is 4. The molecule has 1 N–H and O–H groups in total.